The molecule has 2 saturated heterocycles. The lowest BCUT2D eigenvalue weighted by Gasteiger charge is -2.24. The first-order valence-corrected chi connectivity index (χ1v) is 8.57. The molecule has 0 aliphatic carbocycles. The summed E-state index contributed by atoms with van der Waals surface area (Å²) in [5.74, 6) is 1.32. The van der Waals surface area contributed by atoms with Crippen molar-refractivity contribution in [3.63, 3.8) is 0 Å². The summed E-state index contributed by atoms with van der Waals surface area (Å²) >= 11 is 0. The molecule has 0 unspecified atom stereocenters. The molecule has 2 aromatic rings. The Labute approximate surface area is 145 Å². The van der Waals surface area contributed by atoms with Crippen molar-refractivity contribution in [1.29, 1.82) is 0 Å². The highest BCUT2D eigenvalue weighted by atomic mass is 16.5. The van der Waals surface area contributed by atoms with Crippen LogP contribution in [0.25, 0.3) is 0 Å². The molecule has 2 aliphatic rings. The van der Waals surface area contributed by atoms with Gasteiger partial charge in [0.2, 0.25) is 11.8 Å². The Bertz CT molecular complexity index is 714. The van der Waals surface area contributed by atoms with E-state index in [0.29, 0.717) is 37.8 Å². The second-order valence-electron chi connectivity index (χ2n) is 6.47. The molecule has 4 heterocycles. The van der Waals surface area contributed by atoms with Crippen LogP contribution in [0.3, 0.4) is 0 Å². The fraction of sp³-hybridized carbons (Fsp3) is 0.529. The number of ether oxygens (including phenoxy) is 1. The second kappa shape index (κ2) is 7.28. The Morgan fingerprint density at radius 2 is 2.12 bits per heavy atom. The molecule has 4 rings (SSSR count). The predicted molar refractivity (Wildman–Crippen MR) is 87.4 cm³/mol. The van der Waals surface area contributed by atoms with Crippen LogP contribution in [0.5, 0.6) is 0 Å². The first-order valence-electron chi connectivity index (χ1n) is 8.57. The van der Waals surface area contributed by atoms with Crippen molar-refractivity contribution in [2.75, 3.05) is 32.8 Å². The Morgan fingerprint density at radius 1 is 1.24 bits per heavy atom. The van der Waals surface area contributed by atoms with E-state index in [-0.39, 0.29) is 11.8 Å². The molecule has 2 aromatic heterocycles. The van der Waals surface area contributed by atoms with E-state index in [1.165, 1.54) is 0 Å². The number of morpholine rings is 1. The third-order valence-corrected chi connectivity index (χ3v) is 4.61. The average molecular weight is 343 g/mol. The minimum Gasteiger partial charge on any atom is -0.379 e. The van der Waals surface area contributed by atoms with E-state index in [4.69, 9.17) is 9.26 Å². The van der Waals surface area contributed by atoms with Crippen LogP contribution >= 0.6 is 0 Å². The molecule has 0 spiro atoms. The number of carbonyl (C=O) groups excluding carboxylic acids is 1. The number of nitrogens with zero attached hydrogens (tertiary/aromatic N) is 5. The fourth-order valence-corrected chi connectivity index (χ4v) is 3.26. The molecular formula is C17H21N5O3. The van der Waals surface area contributed by atoms with Gasteiger partial charge in [0.15, 0.2) is 5.82 Å². The number of aromatic nitrogens is 3. The Kier molecular flexibility index (Phi) is 4.71. The monoisotopic (exact) mass is 343 g/mol. The number of hydrogen-bond acceptors (Lipinski definition) is 7. The van der Waals surface area contributed by atoms with Crippen molar-refractivity contribution in [3.8, 4) is 0 Å². The van der Waals surface area contributed by atoms with E-state index >= 15 is 0 Å². The van der Waals surface area contributed by atoms with Gasteiger partial charge in [-0.05, 0) is 11.6 Å². The molecule has 0 saturated carbocycles. The van der Waals surface area contributed by atoms with Crippen molar-refractivity contribution < 1.29 is 14.1 Å². The van der Waals surface area contributed by atoms with E-state index in [1.807, 2.05) is 17.0 Å². The molecule has 0 N–H and O–H groups in total. The standard InChI is InChI=1S/C17H21N5O3/c23-16-8-14(11-22(16)10-13-2-1-3-18-9-13)17-19-15(20-25-17)12-21-4-6-24-7-5-21/h1-3,9,14H,4-8,10-12H2/t14-/m1/s1. The molecule has 25 heavy (non-hydrogen) atoms. The van der Waals surface area contributed by atoms with E-state index in [1.54, 1.807) is 12.4 Å². The van der Waals surface area contributed by atoms with Crippen molar-refractivity contribution in [1.82, 2.24) is 24.9 Å². The van der Waals surface area contributed by atoms with Gasteiger partial charge in [-0.1, -0.05) is 11.2 Å². The highest BCUT2D eigenvalue weighted by molar-refractivity contribution is 5.79. The van der Waals surface area contributed by atoms with Gasteiger partial charge in [-0.3, -0.25) is 14.7 Å². The first kappa shape index (κ1) is 16.2. The molecular weight excluding hydrogens is 322 g/mol. The summed E-state index contributed by atoms with van der Waals surface area (Å²) < 4.78 is 10.8. The second-order valence-corrected chi connectivity index (χ2v) is 6.47. The van der Waals surface area contributed by atoms with Crippen LogP contribution in [0.1, 0.15) is 29.6 Å². The summed E-state index contributed by atoms with van der Waals surface area (Å²) in [5, 5.41) is 4.08. The van der Waals surface area contributed by atoms with Crippen LogP contribution in [0.2, 0.25) is 0 Å². The zero-order valence-electron chi connectivity index (χ0n) is 14.0. The normalized spacial score (nSPS) is 21.8. The molecule has 2 fully saturated rings. The van der Waals surface area contributed by atoms with Crippen LogP contribution in [-0.2, 0) is 22.6 Å². The van der Waals surface area contributed by atoms with E-state index < -0.39 is 0 Å². The number of carbonyl (C=O) groups is 1. The molecule has 8 nitrogen and oxygen atoms in total. The minimum atomic E-state index is -0.0323. The maximum absolute atomic E-state index is 12.3. The fourth-order valence-electron chi connectivity index (χ4n) is 3.26. The van der Waals surface area contributed by atoms with Gasteiger partial charge in [-0.25, -0.2) is 0 Å². The molecule has 0 bridgehead atoms. The maximum atomic E-state index is 12.3. The van der Waals surface area contributed by atoms with E-state index in [0.717, 1.165) is 31.9 Å². The lowest BCUT2D eigenvalue weighted by atomic mass is 10.1. The van der Waals surface area contributed by atoms with Gasteiger partial charge in [-0.15, -0.1) is 0 Å². The van der Waals surface area contributed by atoms with Gasteiger partial charge < -0.3 is 14.2 Å². The van der Waals surface area contributed by atoms with Crippen LogP contribution in [0.4, 0.5) is 0 Å². The Hall–Kier alpha value is -2.32. The zero-order valence-corrected chi connectivity index (χ0v) is 14.0. The SMILES string of the molecule is O=C1C[C@@H](c2nc(CN3CCOCC3)no2)CN1Cc1cccnc1. The first-order chi connectivity index (χ1) is 12.3. The van der Waals surface area contributed by atoms with Crippen LogP contribution < -0.4 is 0 Å². The van der Waals surface area contributed by atoms with Gasteiger partial charge in [0.25, 0.3) is 0 Å². The topological polar surface area (TPSA) is 84.6 Å². The van der Waals surface area contributed by atoms with Crippen molar-refractivity contribution in [3.05, 3.63) is 41.8 Å². The lowest BCUT2D eigenvalue weighted by molar-refractivity contribution is -0.128. The molecule has 2 aliphatic heterocycles. The number of hydrogen-bond donors (Lipinski definition) is 0. The number of rotatable bonds is 5. The van der Waals surface area contributed by atoms with Gasteiger partial charge >= 0.3 is 0 Å². The maximum Gasteiger partial charge on any atom is 0.232 e. The zero-order chi connectivity index (χ0) is 17.1. The highest BCUT2D eigenvalue weighted by Crippen LogP contribution is 2.28. The van der Waals surface area contributed by atoms with Gasteiger partial charge in [0.1, 0.15) is 0 Å². The number of amides is 1. The molecule has 0 radical (unpaired) electrons. The summed E-state index contributed by atoms with van der Waals surface area (Å²) in [6.07, 6.45) is 3.93. The highest BCUT2D eigenvalue weighted by Gasteiger charge is 2.34. The third-order valence-electron chi connectivity index (χ3n) is 4.61. The van der Waals surface area contributed by atoms with Crippen molar-refractivity contribution in [2.45, 2.75) is 25.4 Å². The summed E-state index contributed by atoms with van der Waals surface area (Å²) in [7, 11) is 0. The third kappa shape index (κ3) is 3.85. The van der Waals surface area contributed by atoms with Crippen molar-refractivity contribution >= 4 is 5.91 Å². The smallest absolute Gasteiger partial charge is 0.232 e. The Morgan fingerprint density at radius 3 is 2.92 bits per heavy atom. The largest absolute Gasteiger partial charge is 0.379 e. The summed E-state index contributed by atoms with van der Waals surface area (Å²) in [6.45, 7) is 5.07. The molecule has 132 valence electrons. The minimum absolute atomic E-state index is 0.0323. The molecule has 1 atom stereocenters. The van der Waals surface area contributed by atoms with Crippen LogP contribution in [-0.4, -0.2) is 63.7 Å². The summed E-state index contributed by atoms with van der Waals surface area (Å²) in [4.78, 5) is 25.0. The van der Waals surface area contributed by atoms with Gasteiger partial charge in [0, 0.05) is 45.0 Å². The van der Waals surface area contributed by atoms with Gasteiger partial charge in [0.05, 0.1) is 25.7 Å². The van der Waals surface area contributed by atoms with Crippen molar-refractivity contribution in [2.24, 2.45) is 0 Å². The van der Waals surface area contributed by atoms with E-state index in [2.05, 4.69) is 20.0 Å². The summed E-state index contributed by atoms with van der Waals surface area (Å²) in [6, 6.07) is 3.85. The average Bonchev–Trinajstić information content (AvgIpc) is 3.24. The van der Waals surface area contributed by atoms with Gasteiger partial charge in [-0.2, -0.15) is 4.98 Å². The summed E-state index contributed by atoms with van der Waals surface area (Å²) in [5.41, 5.74) is 1.02. The molecule has 1 amide bonds. The predicted octanol–water partition coefficient (Wildman–Crippen LogP) is 0.813. The van der Waals surface area contributed by atoms with E-state index in [9.17, 15) is 4.79 Å². The van der Waals surface area contributed by atoms with Crippen LogP contribution in [0.15, 0.2) is 29.0 Å². The van der Waals surface area contributed by atoms with Crippen LogP contribution in [0, 0.1) is 0 Å². The number of likely N-dealkylation sites (tertiary alicyclic amines) is 1. The number of pyridine rings is 1. The molecule has 8 heteroatoms. The lowest BCUT2D eigenvalue weighted by Crippen LogP contribution is -2.35. The molecule has 0 aromatic carbocycles. The quantitative estimate of drug-likeness (QED) is 0.794. The Balaban J connectivity index is 1.37.